The van der Waals surface area contributed by atoms with Gasteiger partial charge < -0.3 is 5.32 Å². The number of amides is 1. The van der Waals surface area contributed by atoms with E-state index in [0.29, 0.717) is 11.6 Å². The summed E-state index contributed by atoms with van der Waals surface area (Å²) in [5.41, 5.74) is -0.223. The van der Waals surface area contributed by atoms with Gasteiger partial charge in [0, 0.05) is 16.9 Å². The van der Waals surface area contributed by atoms with Crippen LogP contribution in [0.1, 0.15) is 21.5 Å². The number of alkyl halides is 3. The van der Waals surface area contributed by atoms with E-state index in [2.05, 4.69) is 10.0 Å². The zero-order valence-corrected chi connectivity index (χ0v) is 16.8. The maximum Gasteiger partial charge on any atom is 0.416 e. The van der Waals surface area contributed by atoms with Gasteiger partial charge in [-0.05, 0) is 67.1 Å². The van der Waals surface area contributed by atoms with Crippen molar-refractivity contribution in [3.05, 3.63) is 89.2 Å². The lowest BCUT2D eigenvalue weighted by Crippen LogP contribution is -2.15. The Labute approximate surface area is 175 Å². The highest BCUT2D eigenvalue weighted by atomic mass is 32.2. The summed E-state index contributed by atoms with van der Waals surface area (Å²) in [6.45, 7) is 1.68. The number of carbonyl (C=O) groups excluding carboxylic acids is 1. The molecule has 31 heavy (non-hydrogen) atoms. The minimum atomic E-state index is -4.61. The zero-order chi connectivity index (χ0) is 22.8. The van der Waals surface area contributed by atoms with Crippen LogP contribution in [0.4, 0.5) is 28.9 Å². The third kappa shape index (κ3) is 5.40. The standard InChI is InChI=1S/C21H16F4N2O3S/c1-13-5-8-16(22)12-19(13)26-20(28)14-6-9-18(10-7-14)31(29,30)27-17-4-2-3-15(11-17)21(23,24)25/h2-12,27H,1H3,(H,26,28). The molecule has 5 nitrogen and oxygen atoms in total. The van der Waals surface area contributed by atoms with Gasteiger partial charge in [0.05, 0.1) is 10.5 Å². The van der Waals surface area contributed by atoms with E-state index in [1.54, 1.807) is 6.92 Å². The molecule has 162 valence electrons. The maximum absolute atomic E-state index is 13.4. The molecule has 0 saturated carbocycles. The van der Waals surface area contributed by atoms with E-state index in [0.717, 1.165) is 30.3 Å². The number of aryl methyl sites for hydroxylation is 1. The Kier molecular flexibility index (Phi) is 6.03. The average molecular weight is 452 g/mol. The Hall–Kier alpha value is -3.40. The van der Waals surface area contributed by atoms with E-state index in [4.69, 9.17) is 0 Å². The van der Waals surface area contributed by atoms with Crippen LogP contribution in [-0.4, -0.2) is 14.3 Å². The molecule has 1 amide bonds. The molecule has 3 aromatic rings. The summed E-state index contributed by atoms with van der Waals surface area (Å²) < 4.78 is 78.8. The van der Waals surface area contributed by atoms with Gasteiger partial charge in [0.15, 0.2) is 0 Å². The summed E-state index contributed by atoms with van der Waals surface area (Å²) in [4.78, 5) is 12.1. The Morgan fingerprint density at radius 3 is 2.26 bits per heavy atom. The number of nitrogens with one attached hydrogen (secondary N) is 2. The highest BCUT2D eigenvalue weighted by Gasteiger charge is 2.30. The van der Waals surface area contributed by atoms with Gasteiger partial charge >= 0.3 is 6.18 Å². The first-order chi connectivity index (χ1) is 14.5. The van der Waals surface area contributed by atoms with Crippen LogP contribution in [0.25, 0.3) is 0 Å². The van der Waals surface area contributed by atoms with Gasteiger partial charge in [-0.2, -0.15) is 13.2 Å². The normalized spacial score (nSPS) is 11.8. The van der Waals surface area contributed by atoms with E-state index in [1.807, 2.05) is 0 Å². The summed E-state index contributed by atoms with van der Waals surface area (Å²) >= 11 is 0. The molecule has 0 unspecified atom stereocenters. The van der Waals surface area contributed by atoms with E-state index in [-0.39, 0.29) is 21.8 Å². The summed E-state index contributed by atoms with van der Waals surface area (Å²) in [6, 6.07) is 12.5. The molecular formula is C21H16F4N2O3S. The van der Waals surface area contributed by atoms with Crippen molar-refractivity contribution in [3.8, 4) is 0 Å². The lowest BCUT2D eigenvalue weighted by atomic mass is 10.1. The number of halogens is 4. The Bertz CT molecular complexity index is 1220. The Morgan fingerprint density at radius 2 is 1.61 bits per heavy atom. The molecule has 0 aliphatic rings. The predicted molar refractivity (Wildman–Crippen MR) is 108 cm³/mol. The second kappa shape index (κ2) is 8.38. The molecule has 3 rings (SSSR count). The topological polar surface area (TPSA) is 75.3 Å². The molecule has 3 aromatic carbocycles. The summed E-state index contributed by atoms with van der Waals surface area (Å²) in [5, 5.41) is 2.54. The number of sulfonamides is 1. The summed E-state index contributed by atoms with van der Waals surface area (Å²) in [7, 11) is -4.19. The number of benzene rings is 3. The molecule has 10 heteroatoms. The zero-order valence-electron chi connectivity index (χ0n) is 16.0. The highest BCUT2D eigenvalue weighted by Crippen LogP contribution is 2.31. The molecule has 0 aliphatic carbocycles. The predicted octanol–water partition coefficient (Wildman–Crippen LogP) is 5.21. The van der Waals surface area contributed by atoms with Crippen LogP contribution in [0.2, 0.25) is 0 Å². The lowest BCUT2D eigenvalue weighted by molar-refractivity contribution is -0.137. The summed E-state index contributed by atoms with van der Waals surface area (Å²) in [6.07, 6.45) is -4.61. The molecule has 0 radical (unpaired) electrons. The van der Waals surface area contributed by atoms with Crippen molar-refractivity contribution in [2.24, 2.45) is 0 Å². The van der Waals surface area contributed by atoms with Gasteiger partial charge in [-0.25, -0.2) is 12.8 Å². The highest BCUT2D eigenvalue weighted by molar-refractivity contribution is 7.92. The molecule has 0 spiro atoms. The van der Waals surface area contributed by atoms with Gasteiger partial charge in [0.2, 0.25) is 0 Å². The van der Waals surface area contributed by atoms with Gasteiger partial charge in [-0.15, -0.1) is 0 Å². The third-order valence-electron chi connectivity index (χ3n) is 4.32. The number of rotatable bonds is 5. The summed E-state index contributed by atoms with van der Waals surface area (Å²) in [5.74, 6) is -1.11. The quantitative estimate of drug-likeness (QED) is 0.522. The van der Waals surface area contributed by atoms with Crippen LogP contribution in [-0.2, 0) is 16.2 Å². The molecule has 0 atom stereocenters. The number of hydrogen-bond acceptors (Lipinski definition) is 3. The van der Waals surface area contributed by atoms with Crippen LogP contribution in [0, 0.1) is 12.7 Å². The fraction of sp³-hybridized carbons (Fsp3) is 0.0952. The lowest BCUT2D eigenvalue weighted by Gasteiger charge is -2.12. The second-order valence-electron chi connectivity index (χ2n) is 6.62. The smallest absolute Gasteiger partial charge is 0.322 e. The van der Waals surface area contributed by atoms with E-state index < -0.39 is 33.5 Å². The van der Waals surface area contributed by atoms with Crippen LogP contribution in [0.15, 0.2) is 71.6 Å². The molecular weight excluding hydrogens is 436 g/mol. The number of carbonyl (C=O) groups is 1. The molecule has 0 bridgehead atoms. The number of anilines is 2. The molecule has 0 saturated heterocycles. The fourth-order valence-electron chi connectivity index (χ4n) is 2.68. The van der Waals surface area contributed by atoms with Crippen molar-refractivity contribution in [2.75, 3.05) is 10.0 Å². The second-order valence-corrected chi connectivity index (χ2v) is 8.30. The van der Waals surface area contributed by atoms with Crippen LogP contribution >= 0.6 is 0 Å². The van der Waals surface area contributed by atoms with Crippen molar-refractivity contribution in [1.29, 1.82) is 0 Å². The number of hydrogen-bond donors (Lipinski definition) is 2. The van der Waals surface area contributed by atoms with Crippen LogP contribution in [0.3, 0.4) is 0 Å². The third-order valence-corrected chi connectivity index (χ3v) is 5.71. The molecule has 0 aliphatic heterocycles. The first-order valence-electron chi connectivity index (χ1n) is 8.83. The SMILES string of the molecule is Cc1ccc(F)cc1NC(=O)c1ccc(S(=O)(=O)Nc2cccc(C(F)(F)F)c2)cc1. The van der Waals surface area contributed by atoms with Gasteiger partial charge in [-0.3, -0.25) is 9.52 Å². The molecule has 0 aromatic heterocycles. The molecule has 2 N–H and O–H groups in total. The van der Waals surface area contributed by atoms with Gasteiger partial charge in [0.25, 0.3) is 15.9 Å². The van der Waals surface area contributed by atoms with E-state index >= 15 is 0 Å². The maximum atomic E-state index is 13.4. The van der Waals surface area contributed by atoms with Crippen molar-refractivity contribution >= 4 is 27.3 Å². The van der Waals surface area contributed by atoms with Crippen molar-refractivity contribution in [2.45, 2.75) is 18.0 Å². The Morgan fingerprint density at radius 1 is 0.935 bits per heavy atom. The fourth-order valence-corrected chi connectivity index (χ4v) is 3.73. The van der Waals surface area contributed by atoms with E-state index in [9.17, 15) is 30.8 Å². The van der Waals surface area contributed by atoms with Crippen molar-refractivity contribution in [3.63, 3.8) is 0 Å². The monoisotopic (exact) mass is 452 g/mol. The first-order valence-corrected chi connectivity index (χ1v) is 10.3. The van der Waals surface area contributed by atoms with E-state index in [1.165, 1.54) is 30.3 Å². The van der Waals surface area contributed by atoms with Crippen molar-refractivity contribution < 1.29 is 30.8 Å². The molecule has 0 fully saturated rings. The Balaban J connectivity index is 1.77. The minimum absolute atomic E-state index is 0.113. The molecule has 0 heterocycles. The van der Waals surface area contributed by atoms with Gasteiger partial charge in [-0.1, -0.05) is 12.1 Å². The minimum Gasteiger partial charge on any atom is -0.322 e. The largest absolute Gasteiger partial charge is 0.416 e. The first kappa shape index (κ1) is 22.3. The van der Waals surface area contributed by atoms with Crippen molar-refractivity contribution in [1.82, 2.24) is 0 Å². The van der Waals surface area contributed by atoms with Gasteiger partial charge in [0.1, 0.15) is 5.82 Å². The van der Waals surface area contributed by atoms with Crippen LogP contribution < -0.4 is 10.0 Å². The van der Waals surface area contributed by atoms with Crippen LogP contribution in [0.5, 0.6) is 0 Å². The average Bonchev–Trinajstić information content (AvgIpc) is 2.70.